The molecule has 14 aromatic carbocycles. The second-order valence-corrected chi connectivity index (χ2v) is 23.2. The molecule has 0 aliphatic heterocycles. The fraction of sp³-hybridized carbons (Fsp3) is 0.0488. The number of aryl methyl sites for hydroxylation is 4. The molecular formula is C82H48N4. The van der Waals surface area contributed by atoms with E-state index in [1.807, 2.05) is 48.5 Å². The van der Waals surface area contributed by atoms with Crippen molar-refractivity contribution in [1.29, 1.82) is 10.5 Å². The van der Waals surface area contributed by atoms with E-state index in [0.29, 0.717) is 22.5 Å². The van der Waals surface area contributed by atoms with Crippen LogP contribution in [0.2, 0.25) is 0 Å². The van der Waals surface area contributed by atoms with Gasteiger partial charge in [0.1, 0.15) is 0 Å². The van der Waals surface area contributed by atoms with E-state index in [-0.39, 0.29) is 0 Å². The molecule has 2 aliphatic carbocycles. The van der Waals surface area contributed by atoms with Crippen LogP contribution in [0.4, 0.5) is 11.4 Å². The molecular weight excluding hydrogens is 1040 g/mol. The first-order valence-electron chi connectivity index (χ1n) is 29.0. The number of hydrogen-bond donors (Lipinski definition) is 0. The molecule has 16 rings (SSSR count). The molecule has 0 heterocycles. The Hall–Kier alpha value is -11.7. The molecule has 0 radical (unpaired) electrons. The van der Waals surface area contributed by atoms with Gasteiger partial charge in [0.15, 0.2) is 11.4 Å². The van der Waals surface area contributed by atoms with Crippen molar-refractivity contribution in [2.75, 3.05) is 0 Å². The largest absolute Gasteiger partial charge is 0.238 e. The number of rotatable bonds is 6. The van der Waals surface area contributed by atoms with E-state index in [0.717, 1.165) is 155 Å². The fourth-order valence-corrected chi connectivity index (χ4v) is 15.0. The molecule has 0 aromatic heterocycles. The summed E-state index contributed by atoms with van der Waals surface area (Å²) in [6, 6.07) is 83.0. The Kier molecular flexibility index (Phi) is 11.0. The second kappa shape index (κ2) is 18.9. The Labute approximate surface area is 498 Å². The molecule has 0 amide bonds. The summed E-state index contributed by atoms with van der Waals surface area (Å²) in [5.41, 5.74) is 28.8. The summed E-state index contributed by atoms with van der Waals surface area (Å²) >= 11 is 0. The molecule has 0 saturated heterocycles. The lowest BCUT2D eigenvalue weighted by Crippen LogP contribution is -1.94. The quantitative estimate of drug-likeness (QED) is 0.123. The van der Waals surface area contributed by atoms with Crippen LogP contribution >= 0.6 is 0 Å². The highest BCUT2D eigenvalue weighted by Gasteiger charge is 2.32. The van der Waals surface area contributed by atoms with E-state index in [1.54, 1.807) is 0 Å². The van der Waals surface area contributed by atoms with Gasteiger partial charge in [-0.25, -0.2) is 9.69 Å². The highest BCUT2D eigenvalue weighted by Crippen LogP contribution is 2.59. The first-order chi connectivity index (χ1) is 42.1. The van der Waals surface area contributed by atoms with Gasteiger partial charge in [0.2, 0.25) is 0 Å². The van der Waals surface area contributed by atoms with E-state index >= 15 is 0 Å². The van der Waals surface area contributed by atoms with Gasteiger partial charge >= 0.3 is 0 Å². The van der Waals surface area contributed by atoms with Crippen LogP contribution in [-0.4, -0.2) is 0 Å². The van der Waals surface area contributed by atoms with Gasteiger partial charge in [-0.1, -0.05) is 175 Å². The fourth-order valence-electron chi connectivity index (χ4n) is 15.0. The molecule has 0 bridgehead atoms. The van der Waals surface area contributed by atoms with Crippen molar-refractivity contribution in [3.63, 3.8) is 0 Å². The van der Waals surface area contributed by atoms with Gasteiger partial charge in [0.05, 0.1) is 36.4 Å². The van der Waals surface area contributed by atoms with Gasteiger partial charge in [0.25, 0.3) is 0 Å². The zero-order valence-corrected chi connectivity index (χ0v) is 47.6. The van der Waals surface area contributed by atoms with Crippen LogP contribution in [0.5, 0.6) is 0 Å². The van der Waals surface area contributed by atoms with Crippen LogP contribution in [0.1, 0.15) is 33.4 Å². The molecule has 14 aromatic rings. The molecule has 0 atom stereocenters. The molecule has 2 aliphatic rings. The van der Waals surface area contributed by atoms with Crippen molar-refractivity contribution in [2.45, 2.75) is 27.7 Å². The van der Waals surface area contributed by atoms with E-state index in [1.165, 1.54) is 32.8 Å². The predicted octanol–water partition coefficient (Wildman–Crippen LogP) is 22.8. The maximum atomic E-state index is 10.7. The molecule has 0 saturated carbocycles. The van der Waals surface area contributed by atoms with Gasteiger partial charge in [0, 0.05) is 0 Å². The Balaban J connectivity index is 1.05. The third-order valence-corrected chi connectivity index (χ3v) is 18.5. The van der Waals surface area contributed by atoms with Crippen LogP contribution in [0.15, 0.2) is 218 Å². The molecule has 4 nitrogen and oxygen atoms in total. The van der Waals surface area contributed by atoms with Crippen LogP contribution in [0.3, 0.4) is 0 Å². The number of nitriles is 2. The first-order valence-corrected chi connectivity index (χ1v) is 29.0. The highest BCUT2D eigenvalue weighted by molar-refractivity contribution is 6.31. The van der Waals surface area contributed by atoms with Crippen molar-refractivity contribution < 1.29 is 0 Å². The average molecular weight is 1090 g/mol. The normalized spacial score (nSPS) is 11.7. The van der Waals surface area contributed by atoms with Gasteiger partial charge in [-0.2, -0.15) is 10.5 Å². The summed E-state index contributed by atoms with van der Waals surface area (Å²) in [5, 5.41) is 31.9. The van der Waals surface area contributed by atoms with Crippen molar-refractivity contribution >= 4 is 65.2 Å². The summed E-state index contributed by atoms with van der Waals surface area (Å²) in [4.78, 5) is 7.90. The van der Waals surface area contributed by atoms with Crippen molar-refractivity contribution in [2.24, 2.45) is 0 Å². The lowest BCUT2D eigenvalue weighted by atomic mass is 9.81. The van der Waals surface area contributed by atoms with E-state index in [2.05, 4.69) is 219 Å². The molecule has 0 fully saturated rings. The zero-order valence-electron chi connectivity index (χ0n) is 47.6. The van der Waals surface area contributed by atoms with E-state index in [4.69, 9.17) is 13.1 Å². The van der Waals surface area contributed by atoms with Gasteiger partial charge < -0.3 is 0 Å². The standard InChI is InChI=1S/C82H48N4/c1-45-33-50(44-84)34-46(2)77(45)62-29-30-64-71-41-74-69(39-70(71)60-21-13-19-58(62)79(60)64)57-27-28-65-72(68(57)40-73(74)67-37-49(43-83)23-25-55(67)51-15-9-7-10-16-51)42-76-61-22-14-20-59-63(78-47(3)35-54(86-6)36-48(78)4)31-32-66(80(59)61)82(76)81(65)75-38-53(85-5)24-26-56(75)52-17-11-8-12-18-52/h7-42H,1-4H3. The van der Waals surface area contributed by atoms with Gasteiger partial charge in [-0.05, 0) is 259 Å². The molecule has 86 heavy (non-hydrogen) atoms. The minimum absolute atomic E-state index is 0.564. The minimum atomic E-state index is 0.564. The van der Waals surface area contributed by atoms with Crippen LogP contribution in [0, 0.1) is 63.5 Å². The molecule has 0 unspecified atom stereocenters. The van der Waals surface area contributed by atoms with E-state index in [9.17, 15) is 10.5 Å². The smallest absolute Gasteiger partial charge is 0.187 e. The summed E-state index contributed by atoms with van der Waals surface area (Å²) < 4.78 is 0. The molecule has 0 N–H and O–H groups in total. The Morgan fingerprint density at radius 2 is 0.733 bits per heavy atom. The third kappa shape index (κ3) is 7.25. The highest BCUT2D eigenvalue weighted by atomic mass is 14.6. The summed E-state index contributed by atoms with van der Waals surface area (Å²) in [5.74, 6) is 0. The van der Waals surface area contributed by atoms with E-state index < -0.39 is 0 Å². The summed E-state index contributed by atoms with van der Waals surface area (Å²) in [7, 11) is 0. The number of benzene rings is 14. The molecule has 4 heteroatoms. The lowest BCUT2D eigenvalue weighted by Gasteiger charge is -2.21. The average Bonchev–Trinajstić information content (AvgIpc) is 1.58. The van der Waals surface area contributed by atoms with Crippen molar-refractivity contribution in [1.82, 2.24) is 0 Å². The SMILES string of the molecule is [C-]#[N+]c1cc(C)c(-c2ccc3c4c(cccc24)-c2cc4c(ccc5c6cc7c(cc6c(-c6cc(C#N)ccc6-c6ccccc6)cc45)-c4ccc(-c5c(C)cc(C#N)cc5C)c5cccc-7c45)c(-c4cc([N+]#[C-])ccc4-c4ccccc4)c2-3)c(C)c1. The maximum absolute atomic E-state index is 10.7. The van der Waals surface area contributed by atoms with Gasteiger partial charge in [-0.15, -0.1) is 0 Å². The van der Waals surface area contributed by atoms with Crippen LogP contribution < -0.4 is 0 Å². The lowest BCUT2D eigenvalue weighted by molar-refractivity contribution is 1.35. The number of fused-ring (bicyclic) bond motifs is 11. The topological polar surface area (TPSA) is 56.3 Å². The molecule has 0 spiro atoms. The summed E-state index contributed by atoms with van der Waals surface area (Å²) in [6.45, 7) is 24.7. The monoisotopic (exact) mass is 1090 g/mol. The Morgan fingerprint density at radius 3 is 1.36 bits per heavy atom. The first kappa shape index (κ1) is 50.1. The predicted molar refractivity (Wildman–Crippen MR) is 356 cm³/mol. The zero-order chi connectivity index (χ0) is 58.2. The van der Waals surface area contributed by atoms with Crippen molar-refractivity contribution in [3.8, 4) is 123 Å². The number of hydrogen-bond acceptors (Lipinski definition) is 2. The Bertz CT molecular complexity index is 5550. The summed E-state index contributed by atoms with van der Waals surface area (Å²) in [6.07, 6.45) is 0. The number of nitrogens with zero attached hydrogens (tertiary/aromatic N) is 4. The van der Waals surface area contributed by atoms with Crippen molar-refractivity contribution in [3.05, 3.63) is 275 Å². The molecule has 396 valence electrons. The van der Waals surface area contributed by atoms with Crippen LogP contribution in [0.25, 0.3) is 175 Å². The van der Waals surface area contributed by atoms with Crippen LogP contribution in [-0.2, 0) is 0 Å². The Morgan fingerprint density at radius 1 is 0.267 bits per heavy atom. The minimum Gasteiger partial charge on any atom is -0.238 e. The third-order valence-electron chi connectivity index (χ3n) is 18.5. The van der Waals surface area contributed by atoms with Gasteiger partial charge in [-0.3, -0.25) is 0 Å². The maximum Gasteiger partial charge on any atom is 0.187 e. The second-order valence-electron chi connectivity index (χ2n) is 23.2.